The van der Waals surface area contributed by atoms with Gasteiger partial charge in [-0.3, -0.25) is 4.79 Å². The summed E-state index contributed by atoms with van der Waals surface area (Å²) in [6.45, 7) is 4.04. The van der Waals surface area contributed by atoms with Gasteiger partial charge in [0.2, 0.25) is 5.91 Å². The van der Waals surface area contributed by atoms with Gasteiger partial charge in [-0.2, -0.15) is 0 Å². The zero-order valence-electron chi connectivity index (χ0n) is 15.1. The molecule has 4 aromatic rings. The first-order valence-corrected chi connectivity index (χ1v) is 10.5. The summed E-state index contributed by atoms with van der Waals surface area (Å²) in [5, 5.41) is 4.82. The number of thioether (sulfide) groups is 1. The van der Waals surface area contributed by atoms with Crippen molar-refractivity contribution in [2.24, 2.45) is 0 Å². The van der Waals surface area contributed by atoms with Gasteiger partial charge in [-0.15, -0.1) is 11.3 Å². The highest BCUT2D eigenvalue weighted by molar-refractivity contribution is 8.00. The lowest BCUT2D eigenvalue weighted by atomic mass is 10.2. The number of aromatic nitrogens is 2. The molecule has 4 rings (SSSR count). The van der Waals surface area contributed by atoms with E-state index in [2.05, 4.69) is 27.4 Å². The van der Waals surface area contributed by atoms with Crippen molar-refractivity contribution in [3.63, 3.8) is 0 Å². The second-order valence-electron chi connectivity index (χ2n) is 6.33. The van der Waals surface area contributed by atoms with Gasteiger partial charge in [0.05, 0.1) is 15.5 Å². The molecule has 0 saturated heterocycles. The van der Waals surface area contributed by atoms with Gasteiger partial charge in [0, 0.05) is 15.8 Å². The number of nitrogens with zero attached hydrogens (tertiary/aromatic N) is 2. The monoisotopic (exact) mass is 393 g/mol. The number of hydrogen-bond donors (Lipinski definition) is 1. The fraction of sp³-hybridized carbons (Fsp3) is 0.190. The molecule has 2 aromatic heterocycles. The van der Waals surface area contributed by atoms with Gasteiger partial charge in [0.15, 0.2) is 0 Å². The molecular weight excluding hydrogens is 374 g/mol. The maximum atomic E-state index is 12.8. The predicted molar refractivity (Wildman–Crippen MR) is 115 cm³/mol. The van der Waals surface area contributed by atoms with Crippen LogP contribution in [0.1, 0.15) is 18.9 Å². The third kappa shape index (κ3) is 3.68. The Kier molecular flexibility index (Phi) is 5.09. The Morgan fingerprint density at radius 3 is 2.85 bits per heavy atom. The molecule has 27 heavy (non-hydrogen) atoms. The molecule has 0 bridgehead atoms. The number of amides is 1. The Balaban J connectivity index is 1.62. The second-order valence-corrected chi connectivity index (χ2v) is 8.57. The standard InChI is InChI=1S/C21H19N3OS2/c1-3-16(20(25)24-14-8-6-7-13(2)11-14)27-21-19-18(22-12-23-21)15-9-4-5-10-17(15)26-19/h4-12,16H,3H2,1-2H3,(H,24,25). The molecule has 6 heteroatoms. The summed E-state index contributed by atoms with van der Waals surface area (Å²) in [6, 6.07) is 16.1. The molecule has 0 aliphatic carbocycles. The number of nitrogens with one attached hydrogen (secondary N) is 1. The normalized spacial score (nSPS) is 12.4. The number of aryl methyl sites for hydroxylation is 1. The van der Waals surface area contributed by atoms with Crippen molar-refractivity contribution in [3.05, 3.63) is 60.4 Å². The molecule has 0 aliphatic rings. The van der Waals surface area contributed by atoms with Gasteiger partial charge >= 0.3 is 0 Å². The first kappa shape index (κ1) is 17.9. The number of rotatable bonds is 5. The van der Waals surface area contributed by atoms with Crippen LogP contribution in [0.2, 0.25) is 0 Å². The minimum atomic E-state index is -0.214. The first-order chi connectivity index (χ1) is 13.2. The molecule has 4 nitrogen and oxygen atoms in total. The van der Waals surface area contributed by atoms with Crippen LogP contribution in [-0.4, -0.2) is 21.1 Å². The highest BCUT2D eigenvalue weighted by Crippen LogP contribution is 2.38. The van der Waals surface area contributed by atoms with Crippen LogP contribution >= 0.6 is 23.1 Å². The highest BCUT2D eigenvalue weighted by atomic mass is 32.2. The summed E-state index contributed by atoms with van der Waals surface area (Å²) in [5.74, 6) is 0.000901. The molecule has 0 spiro atoms. The van der Waals surface area contributed by atoms with Crippen LogP contribution in [0.4, 0.5) is 5.69 Å². The molecule has 1 N–H and O–H groups in total. The lowest BCUT2D eigenvalue weighted by Crippen LogP contribution is -2.24. The second kappa shape index (κ2) is 7.66. The van der Waals surface area contributed by atoms with Crippen molar-refractivity contribution in [1.29, 1.82) is 0 Å². The summed E-state index contributed by atoms with van der Waals surface area (Å²) in [5.41, 5.74) is 2.91. The quantitative estimate of drug-likeness (QED) is 0.351. The van der Waals surface area contributed by atoms with E-state index in [4.69, 9.17) is 0 Å². The number of hydrogen-bond acceptors (Lipinski definition) is 5. The van der Waals surface area contributed by atoms with Crippen LogP contribution < -0.4 is 5.32 Å². The third-order valence-corrected chi connectivity index (χ3v) is 6.99. The highest BCUT2D eigenvalue weighted by Gasteiger charge is 2.21. The van der Waals surface area contributed by atoms with Crippen LogP contribution in [0, 0.1) is 6.92 Å². The van der Waals surface area contributed by atoms with E-state index in [0.717, 1.165) is 38.3 Å². The SMILES string of the molecule is CCC(Sc1ncnc2c1sc1ccccc12)C(=O)Nc1cccc(C)c1. The molecule has 136 valence electrons. The van der Waals surface area contributed by atoms with Crippen molar-refractivity contribution < 1.29 is 4.79 Å². The Bertz CT molecular complexity index is 1120. The summed E-state index contributed by atoms with van der Waals surface area (Å²) in [4.78, 5) is 21.7. The summed E-state index contributed by atoms with van der Waals surface area (Å²) < 4.78 is 2.23. The molecule has 0 fully saturated rings. The van der Waals surface area contributed by atoms with Crippen LogP contribution in [0.5, 0.6) is 0 Å². The molecule has 0 saturated carbocycles. The van der Waals surface area contributed by atoms with E-state index in [0.29, 0.717) is 0 Å². The molecule has 0 radical (unpaired) electrons. The lowest BCUT2D eigenvalue weighted by Gasteiger charge is -2.14. The maximum Gasteiger partial charge on any atom is 0.237 e. The van der Waals surface area contributed by atoms with Crippen LogP contribution in [0.15, 0.2) is 59.9 Å². The van der Waals surface area contributed by atoms with E-state index in [1.165, 1.54) is 16.5 Å². The van der Waals surface area contributed by atoms with E-state index in [9.17, 15) is 4.79 Å². The number of anilines is 1. The zero-order chi connectivity index (χ0) is 18.8. The smallest absolute Gasteiger partial charge is 0.237 e. The Hall–Kier alpha value is -2.44. The summed E-state index contributed by atoms with van der Waals surface area (Å²) in [7, 11) is 0. The third-order valence-electron chi connectivity index (χ3n) is 4.33. The first-order valence-electron chi connectivity index (χ1n) is 8.82. The number of carbonyl (C=O) groups is 1. The van der Waals surface area contributed by atoms with Gasteiger partial charge in [-0.05, 0) is 37.1 Å². The van der Waals surface area contributed by atoms with Crippen LogP contribution in [0.25, 0.3) is 20.3 Å². The topological polar surface area (TPSA) is 54.9 Å². The van der Waals surface area contributed by atoms with E-state index in [1.54, 1.807) is 17.7 Å². The Morgan fingerprint density at radius 1 is 1.19 bits per heavy atom. The van der Waals surface area contributed by atoms with Crippen LogP contribution in [-0.2, 0) is 4.79 Å². The molecule has 2 heterocycles. The van der Waals surface area contributed by atoms with Gasteiger partial charge < -0.3 is 5.32 Å². The average Bonchev–Trinajstić information content (AvgIpc) is 3.05. The van der Waals surface area contributed by atoms with Crippen molar-refractivity contribution in [1.82, 2.24) is 9.97 Å². The molecule has 1 unspecified atom stereocenters. The van der Waals surface area contributed by atoms with Gasteiger partial charge in [-0.1, -0.05) is 49.0 Å². The molecule has 1 amide bonds. The lowest BCUT2D eigenvalue weighted by molar-refractivity contribution is -0.115. The molecule has 0 aliphatic heterocycles. The maximum absolute atomic E-state index is 12.8. The van der Waals surface area contributed by atoms with Crippen molar-refractivity contribution in [2.45, 2.75) is 30.5 Å². The van der Waals surface area contributed by atoms with Crippen molar-refractivity contribution >= 4 is 55.0 Å². The average molecular weight is 394 g/mol. The number of fused-ring (bicyclic) bond motifs is 3. The fourth-order valence-corrected chi connectivity index (χ4v) is 5.21. The minimum absolute atomic E-state index is 0.000901. The van der Waals surface area contributed by atoms with Gasteiger partial charge in [0.1, 0.15) is 11.4 Å². The zero-order valence-corrected chi connectivity index (χ0v) is 16.7. The van der Waals surface area contributed by atoms with E-state index >= 15 is 0 Å². The minimum Gasteiger partial charge on any atom is -0.325 e. The number of benzene rings is 2. The van der Waals surface area contributed by atoms with E-state index in [1.807, 2.05) is 50.2 Å². The number of carbonyl (C=O) groups excluding carboxylic acids is 1. The summed E-state index contributed by atoms with van der Waals surface area (Å²) in [6.07, 6.45) is 2.31. The predicted octanol–water partition coefficient (Wildman–Crippen LogP) is 5.66. The van der Waals surface area contributed by atoms with Crippen molar-refractivity contribution in [3.8, 4) is 0 Å². The summed E-state index contributed by atoms with van der Waals surface area (Å²) >= 11 is 3.19. The largest absolute Gasteiger partial charge is 0.325 e. The van der Waals surface area contributed by atoms with E-state index in [-0.39, 0.29) is 11.2 Å². The van der Waals surface area contributed by atoms with Crippen molar-refractivity contribution in [2.75, 3.05) is 5.32 Å². The van der Waals surface area contributed by atoms with Crippen LogP contribution in [0.3, 0.4) is 0 Å². The molecule has 1 atom stereocenters. The Labute approximate surface area is 166 Å². The molecular formula is C21H19N3OS2. The van der Waals surface area contributed by atoms with Gasteiger partial charge in [0.25, 0.3) is 0 Å². The number of thiophene rings is 1. The fourth-order valence-electron chi connectivity index (χ4n) is 2.99. The molecule has 2 aromatic carbocycles. The van der Waals surface area contributed by atoms with Gasteiger partial charge in [-0.25, -0.2) is 9.97 Å². The van der Waals surface area contributed by atoms with E-state index < -0.39 is 0 Å². The Morgan fingerprint density at radius 2 is 2.04 bits per heavy atom.